The van der Waals surface area contributed by atoms with Crippen molar-refractivity contribution in [3.05, 3.63) is 0 Å². The number of ether oxygens (including phenoxy) is 1. The van der Waals surface area contributed by atoms with Crippen LogP contribution in [0.5, 0.6) is 0 Å². The number of hydrogen-bond acceptors (Lipinski definition) is 2. The highest BCUT2D eigenvalue weighted by molar-refractivity contribution is 6.24. The van der Waals surface area contributed by atoms with Crippen LogP contribution in [0.15, 0.2) is 0 Å². The lowest BCUT2D eigenvalue weighted by Gasteiger charge is -2.21. The van der Waals surface area contributed by atoms with Gasteiger partial charge >= 0.3 is 11.4 Å². The zero-order valence-corrected chi connectivity index (χ0v) is 6.58. The van der Waals surface area contributed by atoms with Crippen LogP contribution < -0.4 is 0 Å². The lowest BCUT2D eigenvalue weighted by atomic mass is 10.1. The first-order chi connectivity index (χ1) is 4.73. The van der Waals surface area contributed by atoms with Crippen LogP contribution in [0.25, 0.3) is 0 Å². The number of esters is 1. The molecule has 0 radical (unpaired) electrons. The van der Waals surface area contributed by atoms with Gasteiger partial charge in [-0.1, -0.05) is 0 Å². The molecule has 0 heterocycles. The van der Waals surface area contributed by atoms with Crippen LogP contribution in [0.2, 0.25) is 0 Å². The maximum Gasteiger partial charge on any atom is 0.365 e. The minimum Gasteiger partial charge on any atom is -0.466 e. The third-order valence-electron chi connectivity index (χ3n) is 1.10. The maximum absolute atomic E-state index is 12.6. The molecular weight excluding hydrogens is 184 g/mol. The van der Waals surface area contributed by atoms with Gasteiger partial charge in [0, 0.05) is 0 Å². The third kappa shape index (κ3) is 1.99. The SMILES string of the molecule is COC(=O)C(C)(F)C(F)(F)Cl. The molecule has 0 bridgehead atoms. The average molecular weight is 191 g/mol. The number of halogens is 4. The first-order valence-corrected chi connectivity index (χ1v) is 2.95. The van der Waals surface area contributed by atoms with E-state index >= 15 is 0 Å². The van der Waals surface area contributed by atoms with E-state index in [1.807, 2.05) is 0 Å². The molecule has 0 saturated carbocycles. The van der Waals surface area contributed by atoms with Crippen LogP contribution in [0.1, 0.15) is 6.92 Å². The van der Waals surface area contributed by atoms with Crippen molar-refractivity contribution in [1.29, 1.82) is 0 Å². The molecule has 1 unspecified atom stereocenters. The summed E-state index contributed by atoms with van der Waals surface area (Å²) in [5, 5.41) is -4.25. The Balaban J connectivity index is 4.59. The molecule has 0 N–H and O–H groups in total. The van der Waals surface area contributed by atoms with E-state index in [-0.39, 0.29) is 0 Å². The van der Waals surface area contributed by atoms with Crippen molar-refractivity contribution in [2.45, 2.75) is 18.0 Å². The Bertz CT molecular complexity index is 164. The quantitative estimate of drug-likeness (QED) is 0.490. The lowest BCUT2D eigenvalue weighted by molar-refractivity contribution is -0.169. The third-order valence-corrected chi connectivity index (χ3v) is 1.46. The smallest absolute Gasteiger partial charge is 0.365 e. The van der Waals surface area contributed by atoms with Crippen molar-refractivity contribution >= 4 is 17.6 Å². The van der Waals surface area contributed by atoms with E-state index < -0.39 is 17.0 Å². The van der Waals surface area contributed by atoms with E-state index in [1.54, 1.807) is 0 Å². The van der Waals surface area contributed by atoms with Gasteiger partial charge in [-0.05, 0) is 18.5 Å². The normalized spacial score (nSPS) is 17.3. The Morgan fingerprint density at radius 3 is 1.91 bits per heavy atom. The van der Waals surface area contributed by atoms with Gasteiger partial charge in [-0.3, -0.25) is 0 Å². The molecule has 0 aliphatic carbocycles. The highest BCUT2D eigenvalue weighted by atomic mass is 35.5. The fourth-order valence-corrected chi connectivity index (χ4v) is 0.385. The molecule has 66 valence electrons. The van der Waals surface area contributed by atoms with Gasteiger partial charge in [0.05, 0.1) is 7.11 Å². The number of hydrogen-bond donors (Lipinski definition) is 0. The van der Waals surface area contributed by atoms with Gasteiger partial charge in [-0.2, -0.15) is 8.78 Å². The standard InChI is InChI=1S/C5H6ClF3O2/c1-4(7,3(10)11-2)5(6,8)9/h1-2H3. The Kier molecular flexibility index (Phi) is 2.77. The molecule has 0 aromatic heterocycles. The molecular formula is C5H6ClF3O2. The van der Waals surface area contributed by atoms with E-state index in [4.69, 9.17) is 0 Å². The zero-order valence-electron chi connectivity index (χ0n) is 5.83. The Morgan fingerprint density at radius 1 is 1.45 bits per heavy atom. The second kappa shape index (κ2) is 2.89. The summed E-state index contributed by atoms with van der Waals surface area (Å²) in [6.45, 7) is 0.353. The van der Waals surface area contributed by atoms with Crippen LogP contribution >= 0.6 is 11.6 Å². The summed E-state index contributed by atoms with van der Waals surface area (Å²) in [6.07, 6.45) is 0. The van der Waals surface area contributed by atoms with E-state index in [9.17, 15) is 18.0 Å². The lowest BCUT2D eigenvalue weighted by Crippen LogP contribution is -2.45. The van der Waals surface area contributed by atoms with Crippen molar-refractivity contribution in [2.75, 3.05) is 7.11 Å². The van der Waals surface area contributed by atoms with Gasteiger partial charge in [0.1, 0.15) is 0 Å². The Labute approximate surface area is 66.3 Å². The van der Waals surface area contributed by atoms with Crippen LogP contribution in [-0.4, -0.2) is 24.1 Å². The molecule has 2 nitrogen and oxygen atoms in total. The minimum atomic E-state index is -4.25. The molecule has 0 saturated heterocycles. The maximum atomic E-state index is 12.6. The molecule has 0 aromatic carbocycles. The van der Waals surface area contributed by atoms with Gasteiger partial charge in [-0.15, -0.1) is 0 Å². The highest BCUT2D eigenvalue weighted by Crippen LogP contribution is 2.36. The molecule has 0 aliphatic rings. The predicted octanol–water partition coefficient (Wildman–Crippen LogP) is 1.72. The van der Waals surface area contributed by atoms with E-state index in [0.717, 1.165) is 7.11 Å². The molecule has 0 rings (SSSR count). The number of alkyl halides is 4. The summed E-state index contributed by atoms with van der Waals surface area (Å²) >= 11 is 4.29. The number of methoxy groups -OCH3 is 1. The molecule has 0 amide bonds. The summed E-state index contributed by atoms with van der Waals surface area (Å²) in [4.78, 5) is 10.3. The van der Waals surface area contributed by atoms with Crippen molar-refractivity contribution < 1.29 is 22.7 Å². The van der Waals surface area contributed by atoms with Crippen LogP contribution in [0.4, 0.5) is 13.2 Å². The molecule has 11 heavy (non-hydrogen) atoms. The van der Waals surface area contributed by atoms with Crippen LogP contribution in [0, 0.1) is 0 Å². The van der Waals surface area contributed by atoms with Gasteiger partial charge in [0.2, 0.25) is 0 Å². The van der Waals surface area contributed by atoms with Crippen molar-refractivity contribution in [1.82, 2.24) is 0 Å². The largest absolute Gasteiger partial charge is 0.466 e. The average Bonchev–Trinajstić information content (AvgIpc) is 1.83. The van der Waals surface area contributed by atoms with Crippen molar-refractivity contribution in [2.24, 2.45) is 0 Å². The predicted molar refractivity (Wildman–Crippen MR) is 32.3 cm³/mol. The highest BCUT2D eigenvalue weighted by Gasteiger charge is 2.56. The van der Waals surface area contributed by atoms with Gasteiger partial charge in [-0.25, -0.2) is 9.18 Å². The van der Waals surface area contributed by atoms with E-state index in [2.05, 4.69) is 16.3 Å². The Hall–Kier alpha value is -0.450. The molecule has 6 heteroatoms. The number of carbonyl (C=O) groups excluding carboxylic acids is 1. The first-order valence-electron chi connectivity index (χ1n) is 2.57. The summed E-state index contributed by atoms with van der Waals surface area (Å²) in [6, 6.07) is 0. The second-order valence-corrected chi connectivity index (χ2v) is 2.47. The van der Waals surface area contributed by atoms with Crippen molar-refractivity contribution in [3.8, 4) is 0 Å². The van der Waals surface area contributed by atoms with Gasteiger partial charge in [0.25, 0.3) is 5.67 Å². The summed E-state index contributed by atoms with van der Waals surface area (Å²) in [7, 11) is 0.794. The molecule has 0 aromatic rings. The second-order valence-electron chi connectivity index (χ2n) is 1.99. The van der Waals surface area contributed by atoms with Crippen LogP contribution in [0.3, 0.4) is 0 Å². The molecule has 0 spiro atoms. The fraction of sp³-hybridized carbons (Fsp3) is 0.800. The number of carbonyl (C=O) groups is 1. The Morgan fingerprint density at radius 2 is 1.82 bits per heavy atom. The van der Waals surface area contributed by atoms with E-state index in [0.29, 0.717) is 6.92 Å². The van der Waals surface area contributed by atoms with Gasteiger partial charge in [0.15, 0.2) is 0 Å². The monoisotopic (exact) mass is 190 g/mol. The summed E-state index contributed by atoms with van der Waals surface area (Å²) < 4.78 is 40.5. The summed E-state index contributed by atoms with van der Waals surface area (Å²) in [5.74, 6) is -1.70. The topological polar surface area (TPSA) is 26.3 Å². The van der Waals surface area contributed by atoms with Gasteiger partial charge < -0.3 is 4.74 Å². The van der Waals surface area contributed by atoms with Crippen molar-refractivity contribution in [3.63, 3.8) is 0 Å². The molecule has 0 fully saturated rings. The zero-order chi connectivity index (χ0) is 9.28. The molecule has 1 atom stereocenters. The molecule has 0 aliphatic heterocycles. The first kappa shape index (κ1) is 10.5. The summed E-state index contributed by atoms with van der Waals surface area (Å²) in [5.41, 5.74) is -3.48. The minimum absolute atomic E-state index is 0.353. The number of rotatable bonds is 2. The fourth-order valence-electron chi connectivity index (χ4n) is 0.307. The van der Waals surface area contributed by atoms with E-state index in [1.165, 1.54) is 0 Å². The van der Waals surface area contributed by atoms with Crippen LogP contribution in [-0.2, 0) is 9.53 Å².